The molecule has 0 atom stereocenters. The highest BCUT2D eigenvalue weighted by Gasteiger charge is 2.28. The quantitative estimate of drug-likeness (QED) is 0.827. The molecule has 2 N–H and O–H groups in total. The molecule has 0 amide bonds. The van der Waals surface area contributed by atoms with Gasteiger partial charge in [-0.05, 0) is 31.5 Å². The van der Waals surface area contributed by atoms with Crippen molar-refractivity contribution in [2.24, 2.45) is 5.41 Å². The van der Waals surface area contributed by atoms with Gasteiger partial charge in [-0.2, -0.15) is 0 Å². The number of hydrogen-bond acceptors (Lipinski definition) is 4. The zero-order valence-corrected chi connectivity index (χ0v) is 13.1. The van der Waals surface area contributed by atoms with Crippen molar-refractivity contribution in [3.63, 3.8) is 0 Å². The maximum Gasteiger partial charge on any atom is 0.313 e. The number of nitrogens with one attached hydrogen (secondary N) is 1. The summed E-state index contributed by atoms with van der Waals surface area (Å²) in [5, 5.41) is 13.4. The monoisotopic (exact) mass is 299 g/mol. The average Bonchev–Trinajstić information content (AvgIpc) is 2.53. The van der Waals surface area contributed by atoms with Gasteiger partial charge in [-0.25, -0.2) is 0 Å². The molecule has 0 spiro atoms. The second-order valence-electron chi connectivity index (χ2n) is 5.79. The Labute approximate surface area is 130 Å². The molecule has 0 aliphatic carbocycles. The minimum absolute atomic E-state index is 0.201. The van der Waals surface area contributed by atoms with Crippen LogP contribution in [-0.2, 0) is 9.53 Å². The molecule has 4 heteroatoms. The number of hydrogen-bond donors (Lipinski definition) is 2. The molecule has 0 saturated carbocycles. The van der Waals surface area contributed by atoms with E-state index in [4.69, 9.17) is 4.74 Å². The maximum absolute atomic E-state index is 11.8. The van der Waals surface area contributed by atoms with E-state index in [9.17, 15) is 9.90 Å². The molecule has 0 bridgehead atoms. The Bertz CT molecular complexity index is 651. The molecular formula is C18H21NO3. The molecule has 2 aromatic carbocycles. The van der Waals surface area contributed by atoms with Crippen molar-refractivity contribution in [2.45, 2.75) is 13.8 Å². The van der Waals surface area contributed by atoms with E-state index >= 15 is 0 Å². The Morgan fingerprint density at radius 1 is 1.14 bits per heavy atom. The topological polar surface area (TPSA) is 58.6 Å². The number of benzene rings is 2. The molecule has 0 aliphatic heterocycles. The van der Waals surface area contributed by atoms with E-state index in [1.165, 1.54) is 7.11 Å². The maximum atomic E-state index is 11.8. The van der Waals surface area contributed by atoms with Gasteiger partial charge in [-0.1, -0.05) is 36.4 Å². The standard InChI is InChI=1S/C18H21NO3/c1-18(2,17(21)22-3)12-19-14-10-7-11-15(20)16(14)13-8-5-4-6-9-13/h4-11,19-20H,12H2,1-3H3. The van der Waals surface area contributed by atoms with Crippen LogP contribution in [0.15, 0.2) is 48.5 Å². The summed E-state index contributed by atoms with van der Waals surface area (Å²) < 4.78 is 4.81. The first kappa shape index (κ1) is 15.9. The van der Waals surface area contributed by atoms with E-state index in [1.807, 2.05) is 50.2 Å². The number of phenolic OH excluding ortho intramolecular Hbond substituents is 1. The van der Waals surface area contributed by atoms with Crippen LogP contribution in [0.25, 0.3) is 11.1 Å². The molecule has 4 nitrogen and oxygen atoms in total. The fourth-order valence-corrected chi connectivity index (χ4v) is 2.26. The van der Waals surface area contributed by atoms with Gasteiger partial charge in [0.25, 0.3) is 0 Å². The summed E-state index contributed by atoms with van der Waals surface area (Å²) in [6, 6.07) is 15.0. The van der Waals surface area contributed by atoms with Crippen molar-refractivity contribution >= 4 is 11.7 Å². The van der Waals surface area contributed by atoms with Crippen LogP contribution in [0.1, 0.15) is 13.8 Å². The number of aromatic hydroxyl groups is 1. The van der Waals surface area contributed by atoms with E-state index in [0.29, 0.717) is 6.54 Å². The summed E-state index contributed by atoms with van der Waals surface area (Å²) in [6.07, 6.45) is 0. The lowest BCUT2D eigenvalue weighted by molar-refractivity contribution is -0.149. The van der Waals surface area contributed by atoms with Crippen LogP contribution < -0.4 is 5.32 Å². The highest BCUT2D eigenvalue weighted by molar-refractivity contribution is 5.83. The van der Waals surface area contributed by atoms with Crippen molar-refractivity contribution in [3.8, 4) is 16.9 Å². The summed E-state index contributed by atoms with van der Waals surface area (Å²) in [5.74, 6) is -0.0755. The van der Waals surface area contributed by atoms with E-state index in [1.54, 1.807) is 12.1 Å². The Hall–Kier alpha value is -2.49. The fraction of sp³-hybridized carbons (Fsp3) is 0.278. The molecule has 0 aliphatic rings. The SMILES string of the molecule is COC(=O)C(C)(C)CNc1cccc(O)c1-c1ccccc1. The van der Waals surface area contributed by atoms with Crippen LogP contribution in [0.5, 0.6) is 5.75 Å². The van der Waals surface area contributed by atoms with Gasteiger partial charge in [0.15, 0.2) is 0 Å². The van der Waals surface area contributed by atoms with Gasteiger partial charge in [0.2, 0.25) is 0 Å². The number of esters is 1. The number of rotatable bonds is 5. The lowest BCUT2D eigenvalue weighted by Crippen LogP contribution is -2.33. The first-order chi connectivity index (χ1) is 10.5. The molecule has 0 unspecified atom stereocenters. The van der Waals surface area contributed by atoms with Gasteiger partial charge in [-0.3, -0.25) is 4.79 Å². The molecule has 0 heterocycles. The van der Waals surface area contributed by atoms with Gasteiger partial charge in [-0.15, -0.1) is 0 Å². The van der Waals surface area contributed by atoms with E-state index in [2.05, 4.69) is 5.32 Å². The number of phenols is 1. The number of carbonyl (C=O) groups excluding carboxylic acids is 1. The Kier molecular flexibility index (Phi) is 4.71. The van der Waals surface area contributed by atoms with E-state index < -0.39 is 5.41 Å². The summed E-state index contributed by atoms with van der Waals surface area (Å²) in [5.41, 5.74) is 1.76. The Morgan fingerprint density at radius 2 is 1.82 bits per heavy atom. The van der Waals surface area contributed by atoms with Crippen molar-refractivity contribution in [2.75, 3.05) is 19.0 Å². The highest BCUT2D eigenvalue weighted by Crippen LogP contribution is 2.36. The van der Waals surface area contributed by atoms with E-state index in [-0.39, 0.29) is 11.7 Å². The van der Waals surface area contributed by atoms with Gasteiger partial charge >= 0.3 is 5.97 Å². The second kappa shape index (κ2) is 6.52. The molecule has 0 saturated heterocycles. The normalized spacial score (nSPS) is 11.0. The summed E-state index contributed by atoms with van der Waals surface area (Å²) in [6.45, 7) is 4.04. The predicted octanol–water partition coefficient (Wildman–Crippen LogP) is 3.67. The smallest absolute Gasteiger partial charge is 0.313 e. The largest absolute Gasteiger partial charge is 0.507 e. The van der Waals surface area contributed by atoms with Crippen LogP contribution in [0.2, 0.25) is 0 Å². The summed E-state index contributed by atoms with van der Waals surface area (Å²) in [4.78, 5) is 11.8. The lowest BCUT2D eigenvalue weighted by Gasteiger charge is -2.23. The van der Waals surface area contributed by atoms with Crippen LogP contribution in [-0.4, -0.2) is 24.7 Å². The third-order valence-corrected chi connectivity index (χ3v) is 3.56. The Balaban J connectivity index is 2.30. The van der Waals surface area contributed by atoms with Crippen molar-refractivity contribution < 1.29 is 14.6 Å². The zero-order valence-electron chi connectivity index (χ0n) is 13.1. The van der Waals surface area contributed by atoms with Gasteiger partial charge in [0.05, 0.1) is 12.5 Å². The molecule has 0 aromatic heterocycles. The third kappa shape index (κ3) is 3.39. The van der Waals surface area contributed by atoms with Gasteiger partial charge < -0.3 is 15.2 Å². The minimum Gasteiger partial charge on any atom is -0.507 e. The van der Waals surface area contributed by atoms with Gasteiger partial charge in [0, 0.05) is 17.8 Å². The fourth-order valence-electron chi connectivity index (χ4n) is 2.26. The van der Waals surface area contributed by atoms with Crippen LogP contribution in [0.4, 0.5) is 5.69 Å². The van der Waals surface area contributed by atoms with Crippen LogP contribution in [0, 0.1) is 5.41 Å². The lowest BCUT2D eigenvalue weighted by atomic mass is 9.93. The summed E-state index contributed by atoms with van der Waals surface area (Å²) in [7, 11) is 1.38. The third-order valence-electron chi connectivity index (χ3n) is 3.56. The van der Waals surface area contributed by atoms with Gasteiger partial charge in [0.1, 0.15) is 5.75 Å². The zero-order chi connectivity index (χ0) is 16.2. The Morgan fingerprint density at radius 3 is 2.45 bits per heavy atom. The molecule has 2 aromatic rings. The van der Waals surface area contributed by atoms with Crippen molar-refractivity contribution in [1.82, 2.24) is 0 Å². The highest BCUT2D eigenvalue weighted by atomic mass is 16.5. The van der Waals surface area contributed by atoms with E-state index in [0.717, 1.165) is 16.8 Å². The molecular weight excluding hydrogens is 278 g/mol. The average molecular weight is 299 g/mol. The number of carbonyl (C=O) groups is 1. The van der Waals surface area contributed by atoms with Crippen molar-refractivity contribution in [3.05, 3.63) is 48.5 Å². The molecule has 0 radical (unpaired) electrons. The van der Waals surface area contributed by atoms with Crippen LogP contribution in [0.3, 0.4) is 0 Å². The number of anilines is 1. The first-order valence-corrected chi connectivity index (χ1v) is 7.15. The predicted molar refractivity (Wildman–Crippen MR) is 87.8 cm³/mol. The summed E-state index contributed by atoms with van der Waals surface area (Å²) >= 11 is 0. The molecule has 22 heavy (non-hydrogen) atoms. The first-order valence-electron chi connectivity index (χ1n) is 7.15. The second-order valence-corrected chi connectivity index (χ2v) is 5.79. The number of ether oxygens (including phenoxy) is 1. The molecule has 116 valence electrons. The molecule has 0 fully saturated rings. The van der Waals surface area contributed by atoms with Crippen LogP contribution >= 0.6 is 0 Å². The van der Waals surface area contributed by atoms with Crippen molar-refractivity contribution in [1.29, 1.82) is 0 Å². The molecule has 2 rings (SSSR count). The minimum atomic E-state index is -0.659. The number of methoxy groups -OCH3 is 1.